The number of nitrogens with one attached hydrogen (secondary N) is 2. The lowest BCUT2D eigenvalue weighted by Crippen LogP contribution is -2.14. The van der Waals surface area contributed by atoms with Crippen LogP contribution < -0.4 is 24.8 Å². The Morgan fingerprint density at radius 3 is 2.35 bits per heavy atom. The van der Waals surface area contributed by atoms with Gasteiger partial charge in [0.15, 0.2) is 0 Å². The smallest absolute Gasteiger partial charge is 0.339 e. The zero-order chi connectivity index (χ0) is 25.9. The Hall–Kier alpha value is -4.16. The number of aromatic carboxylic acids is 1. The molecule has 3 heterocycles. The third-order valence-electron chi connectivity index (χ3n) is 5.08. The highest BCUT2D eigenvalue weighted by atomic mass is 16.6. The molecule has 0 unspecified atom stereocenters. The second-order valence-corrected chi connectivity index (χ2v) is 7.76. The summed E-state index contributed by atoms with van der Waals surface area (Å²) >= 11 is 0. The number of aromatic nitrogens is 3. The van der Waals surface area contributed by atoms with Crippen LogP contribution in [0.2, 0.25) is 0 Å². The van der Waals surface area contributed by atoms with Crippen LogP contribution >= 0.6 is 0 Å². The predicted octanol–water partition coefficient (Wildman–Crippen LogP) is 3.13. The van der Waals surface area contributed by atoms with Crippen molar-refractivity contribution in [3.63, 3.8) is 0 Å². The first-order valence-electron chi connectivity index (χ1n) is 11.9. The lowest BCUT2D eigenvalue weighted by atomic mass is 10.2. The summed E-state index contributed by atoms with van der Waals surface area (Å²) in [5.41, 5.74) is 1.55. The van der Waals surface area contributed by atoms with Crippen molar-refractivity contribution in [2.45, 2.75) is 13.5 Å². The zero-order valence-electron chi connectivity index (χ0n) is 20.4. The number of carboxylic acid groups (broad SMARTS) is 1. The van der Waals surface area contributed by atoms with Crippen molar-refractivity contribution in [1.29, 1.82) is 0 Å². The summed E-state index contributed by atoms with van der Waals surface area (Å²) in [5.74, 6) is 0.363. The van der Waals surface area contributed by atoms with E-state index in [0.717, 1.165) is 11.3 Å². The van der Waals surface area contributed by atoms with Gasteiger partial charge in [0.25, 0.3) is 0 Å². The van der Waals surface area contributed by atoms with Gasteiger partial charge >= 0.3 is 12.0 Å². The summed E-state index contributed by atoms with van der Waals surface area (Å²) in [6.07, 6.45) is 0. The van der Waals surface area contributed by atoms with Crippen molar-refractivity contribution in [3.05, 3.63) is 53.6 Å². The Balaban J connectivity index is 1.57. The van der Waals surface area contributed by atoms with Gasteiger partial charge in [-0.1, -0.05) is 12.1 Å². The first-order valence-corrected chi connectivity index (χ1v) is 11.9. The number of anilines is 3. The van der Waals surface area contributed by atoms with E-state index in [9.17, 15) is 9.90 Å². The third kappa shape index (κ3) is 7.92. The van der Waals surface area contributed by atoms with E-state index < -0.39 is 5.97 Å². The summed E-state index contributed by atoms with van der Waals surface area (Å²) in [4.78, 5) is 24.7. The quantitative estimate of drug-likeness (QED) is 0.444. The van der Waals surface area contributed by atoms with E-state index in [0.29, 0.717) is 51.2 Å². The molecule has 12 nitrogen and oxygen atoms in total. The highest BCUT2D eigenvalue weighted by Gasteiger charge is 2.14. The fourth-order valence-corrected chi connectivity index (χ4v) is 3.35. The van der Waals surface area contributed by atoms with E-state index in [1.54, 1.807) is 12.1 Å². The monoisotopic (exact) mass is 511 g/mol. The van der Waals surface area contributed by atoms with E-state index in [1.165, 1.54) is 6.07 Å². The maximum absolute atomic E-state index is 11.7. The fourth-order valence-electron chi connectivity index (χ4n) is 3.35. The van der Waals surface area contributed by atoms with Crippen LogP contribution in [0.1, 0.15) is 22.8 Å². The first kappa shape index (κ1) is 25.9. The van der Waals surface area contributed by atoms with Crippen molar-refractivity contribution in [3.8, 4) is 17.5 Å². The number of rotatable bonds is 3. The summed E-state index contributed by atoms with van der Waals surface area (Å²) in [6.45, 7) is 4.72. The summed E-state index contributed by atoms with van der Waals surface area (Å²) in [5, 5.41) is 15.8. The minimum atomic E-state index is -1.10. The van der Waals surface area contributed by atoms with Crippen LogP contribution in [0, 0.1) is 0 Å². The number of benzene rings is 2. The van der Waals surface area contributed by atoms with Crippen molar-refractivity contribution in [2.75, 3.05) is 56.9 Å². The molecule has 0 radical (unpaired) electrons. The minimum Gasteiger partial charge on any atom is -0.491 e. The van der Waals surface area contributed by atoms with Gasteiger partial charge in [-0.05, 0) is 36.8 Å². The van der Waals surface area contributed by atoms with Crippen LogP contribution in [0.25, 0.3) is 0 Å². The molecule has 0 fully saturated rings. The van der Waals surface area contributed by atoms with E-state index in [4.69, 9.17) is 23.7 Å². The molecule has 0 saturated carbocycles. The standard InChI is InChI=1S/C25H29N5O7/c1-2-35-25-29-23-26-16-17-3-6-19(7-4-17)36-13-11-33-9-10-34-12-14-37-21-15-18(27-24(28-23)30-25)5-8-20(21)22(31)32/h3-8,15H,2,9-14,16H2,1H3,(H,31,32)(H2,26,27,28,29,30). The minimum absolute atomic E-state index is 0.0262. The molecule has 2 aliphatic rings. The van der Waals surface area contributed by atoms with Gasteiger partial charge < -0.3 is 39.4 Å². The number of hydrogen-bond acceptors (Lipinski definition) is 11. The fraction of sp³-hybridized carbons (Fsp3) is 0.360. The molecule has 0 aliphatic carbocycles. The number of nitrogens with zero attached hydrogens (tertiary/aromatic N) is 3. The highest BCUT2D eigenvalue weighted by Crippen LogP contribution is 2.26. The molecule has 12 heteroatoms. The predicted molar refractivity (Wildman–Crippen MR) is 134 cm³/mol. The Morgan fingerprint density at radius 2 is 1.62 bits per heavy atom. The number of carboxylic acids is 1. The molecule has 0 saturated heterocycles. The SMILES string of the molecule is CCOc1nc2nc(n1)Nc1ccc(C(=O)O)c(c1)OCCOCCOCCOc1ccc(cc1)CN2. The molecule has 0 amide bonds. The second-order valence-electron chi connectivity index (χ2n) is 7.76. The van der Waals surface area contributed by atoms with Gasteiger partial charge in [0.2, 0.25) is 11.9 Å². The summed E-state index contributed by atoms with van der Waals surface area (Å²) < 4.78 is 27.9. The number of ether oxygens (including phenoxy) is 5. The van der Waals surface area contributed by atoms with E-state index >= 15 is 0 Å². The third-order valence-corrected chi connectivity index (χ3v) is 5.08. The molecule has 0 atom stereocenters. The Morgan fingerprint density at radius 1 is 0.919 bits per heavy atom. The average Bonchev–Trinajstić information content (AvgIpc) is 2.89. The number of hydrogen-bond donors (Lipinski definition) is 3. The highest BCUT2D eigenvalue weighted by molar-refractivity contribution is 5.91. The maximum atomic E-state index is 11.7. The molecule has 3 aromatic rings. The van der Waals surface area contributed by atoms with Gasteiger partial charge in [-0.3, -0.25) is 0 Å². The van der Waals surface area contributed by atoms with Gasteiger partial charge in [-0.2, -0.15) is 15.0 Å². The molecule has 37 heavy (non-hydrogen) atoms. The Kier molecular flexibility index (Phi) is 9.27. The number of fused-ring (bicyclic) bond motifs is 12. The van der Waals surface area contributed by atoms with E-state index in [-0.39, 0.29) is 36.5 Å². The number of carbonyl (C=O) groups is 1. The zero-order valence-corrected chi connectivity index (χ0v) is 20.4. The van der Waals surface area contributed by atoms with Gasteiger partial charge in [0, 0.05) is 18.3 Å². The molecule has 3 N–H and O–H groups in total. The van der Waals surface area contributed by atoms with Crippen molar-refractivity contribution in [1.82, 2.24) is 15.0 Å². The molecular weight excluding hydrogens is 482 g/mol. The van der Waals surface area contributed by atoms with Gasteiger partial charge in [0.1, 0.15) is 30.3 Å². The topological polar surface area (TPSA) is 146 Å². The normalized spacial score (nSPS) is 14.8. The Labute approximate surface area is 213 Å². The van der Waals surface area contributed by atoms with Crippen molar-refractivity contribution < 1.29 is 33.6 Å². The first-order chi connectivity index (χ1) is 18.1. The lowest BCUT2D eigenvalue weighted by molar-refractivity contribution is 0.0272. The molecule has 6 bridgehead atoms. The summed E-state index contributed by atoms with van der Waals surface area (Å²) in [7, 11) is 0. The largest absolute Gasteiger partial charge is 0.491 e. The Bertz CT molecular complexity index is 1180. The van der Waals surface area contributed by atoms with Gasteiger partial charge in [0.05, 0.1) is 33.0 Å². The van der Waals surface area contributed by atoms with Crippen molar-refractivity contribution >= 4 is 23.6 Å². The van der Waals surface area contributed by atoms with Crippen LogP contribution in [-0.2, 0) is 16.0 Å². The molecular formula is C25H29N5O7. The van der Waals surface area contributed by atoms with E-state index in [2.05, 4.69) is 25.6 Å². The molecule has 0 spiro atoms. The van der Waals surface area contributed by atoms with Gasteiger partial charge in [-0.15, -0.1) is 0 Å². The van der Waals surface area contributed by atoms with Crippen LogP contribution in [-0.4, -0.2) is 72.3 Å². The molecule has 196 valence electrons. The lowest BCUT2D eigenvalue weighted by Gasteiger charge is -2.13. The van der Waals surface area contributed by atoms with E-state index in [1.807, 2.05) is 31.2 Å². The van der Waals surface area contributed by atoms with Crippen LogP contribution in [0.15, 0.2) is 42.5 Å². The molecule has 2 aromatic carbocycles. The summed E-state index contributed by atoms with van der Waals surface area (Å²) in [6, 6.07) is 12.4. The van der Waals surface area contributed by atoms with Crippen LogP contribution in [0.4, 0.5) is 17.6 Å². The average molecular weight is 512 g/mol. The molecule has 2 aliphatic heterocycles. The van der Waals surface area contributed by atoms with Gasteiger partial charge in [-0.25, -0.2) is 4.79 Å². The van der Waals surface area contributed by atoms with Crippen LogP contribution in [0.3, 0.4) is 0 Å². The van der Waals surface area contributed by atoms with Crippen LogP contribution in [0.5, 0.6) is 17.5 Å². The maximum Gasteiger partial charge on any atom is 0.339 e. The van der Waals surface area contributed by atoms with Crippen molar-refractivity contribution in [2.24, 2.45) is 0 Å². The molecule has 5 rings (SSSR count). The second kappa shape index (κ2) is 13.2. The molecule has 1 aromatic heterocycles.